The number of ether oxygens (including phenoxy) is 1. The molecule has 0 amide bonds. The van der Waals surface area contributed by atoms with E-state index >= 15 is 0 Å². The number of halogens is 1. The molecule has 1 fully saturated rings. The van der Waals surface area contributed by atoms with Crippen LogP contribution in [0.15, 0.2) is 52.1 Å². The Morgan fingerprint density at radius 2 is 2.00 bits per heavy atom. The van der Waals surface area contributed by atoms with Gasteiger partial charge in [-0.15, -0.1) is 24.0 Å². The molecule has 0 atom stereocenters. The predicted molar refractivity (Wildman–Crippen MR) is 117 cm³/mol. The fourth-order valence-corrected chi connectivity index (χ4v) is 2.45. The van der Waals surface area contributed by atoms with E-state index in [4.69, 9.17) is 14.1 Å². The minimum absolute atomic E-state index is 0. The molecule has 0 radical (unpaired) electrons. The van der Waals surface area contributed by atoms with Gasteiger partial charge in [0, 0.05) is 25.2 Å². The molecule has 0 spiro atoms. The van der Waals surface area contributed by atoms with Crippen molar-refractivity contribution in [3.05, 3.63) is 48.4 Å². The molecule has 1 aliphatic rings. The first kappa shape index (κ1) is 20.6. The Morgan fingerprint density at radius 1 is 1.23 bits per heavy atom. The van der Waals surface area contributed by atoms with E-state index < -0.39 is 0 Å². The molecule has 1 aromatic heterocycles. The number of nitrogens with zero attached hydrogens (tertiary/aromatic N) is 1. The van der Waals surface area contributed by atoms with E-state index in [2.05, 4.69) is 10.6 Å². The SMILES string of the molecule is CC(C)Oc1ccc(NC(=NCC2CC2)NCCc2ccco2)cc1.I. The van der Waals surface area contributed by atoms with Gasteiger partial charge in [0.15, 0.2) is 5.96 Å². The molecule has 0 bridgehead atoms. The minimum atomic E-state index is 0. The molecule has 6 heteroatoms. The van der Waals surface area contributed by atoms with Gasteiger partial charge in [0.25, 0.3) is 0 Å². The lowest BCUT2D eigenvalue weighted by Crippen LogP contribution is -2.32. The number of benzene rings is 1. The van der Waals surface area contributed by atoms with Crippen LogP contribution < -0.4 is 15.4 Å². The number of hydrogen-bond acceptors (Lipinski definition) is 3. The molecule has 1 aromatic carbocycles. The Morgan fingerprint density at radius 3 is 2.62 bits per heavy atom. The zero-order chi connectivity index (χ0) is 17.5. The summed E-state index contributed by atoms with van der Waals surface area (Å²) in [4.78, 5) is 4.70. The molecule has 0 unspecified atom stereocenters. The number of rotatable bonds is 8. The lowest BCUT2D eigenvalue weighted by Gasteiger charge is -2.14. The van der Waals surface area contributed by atoms with Gasteiger partial charge < -0.3 is 19.8 Å². The summed E-state index contributed by atoms with van der Waals surface area (Å²) < 4.78 is 11.1. The largest absolute Gasteiger partial charge is 0.491 e. The molecule has 2 N–H and O–H groups in total. The fraction of sp³-hybridized carbons (Fsp3) is 0.450. The van der Waals surface area contributed by atoms with Crippen LogP contribution in [0, 0.1) is 5.92 Å². The lowest BCUT2D eigenvalue weighted by atomic mass is 10.3. The Kier molecular flexibility index (Phi) is 8.28. The number of nitrogens with one attached hydrogen (secondary N) is 2. The summed E-state index contributed by atoms with van der Waals surface area (Å²) in [5.41, 5.74) is 0.996. The summed E-state index contributed by atoms with van der Waals surface area (Å²) in [7, 11) is 0. The molecular weight excluding hydrogens is 441 g/mol. The van der Waals surface area contributed by atoms with Crippen molar-refractivity contribution >= 4 is 35.6 Å². The highest BCUT2D eigenvalue weighted by atomic mass is 127. The standard InChI is InChI=1S/C20H27N3O2.HI/c1-15(2)25-19-9-7-17(8-10-19)23-20(22-14-16-5-6-16)21-12-11-18-4-3-13-24-18;/h3-4,7-10,13,15-16H,5-6,11-12,14H2,1-2H3,(H2,21,22,23);1H. The Labute approximate surface area is 172 Å². The van der Waals surface area contributed by atoms with Crippen molar-refractivity contribution in [2.45, 2.75) is 39.2 Å². The number of anilines is 1. The van der Waals surface area contributed by atoms with Gasteiger partial charge in [-0.25, -0.2) is 0 Å². The third-order valence-corrected chi connectivity index (χ3v) is 3.94. The maximum absolute atomic E-state index is 5.68. The first-order chi connectivity index (χ1) is 12.2. The normalized spacial score (nSPS) is 14.0. The summed E-state index contributed by atoms with van der Waals surface area (Å²) in [5, 5.41) is 6.76. The summed E-state index contributed by atoms with van der Waals surface area (Å²) in [6, 6.07) is 11.9. The number of aliphatic imine (C=N–C) groups is 1. The van der Waals surface area contributed by atoms with E-state index in [1.807, 2.05) is 50.2 Å². The highest BCUT2D eigenvalue weighted by Crippen LogP contribution is 2.28. The van der Waals surface area contributed by atoms with Crippen LogP contribution in [-0.4, -0.2) is 25.2 Å². The number of furan rings is 1. The topological polar surface area (TPSA) is 58.8 Å². The fourth-order valence-electron chi connectivity index (χ4n) is 2.45. The molecule has 1 heterocycles. The molecule has 0 aliphatic heterocycles. The zero-order valence-corrected chi connectivity index (χ0v) is 17.7. The molecule has 3 rings (SSSR count). The highest BCUT2D eigenvalue weighted by Gasteiger charge is 2.20. The highest BCUT2D eigenvalue weighted by molar-refractivity contribution is 14.0. The minimum Gasteiger partial charge on any atom is -0.491 e. The average molecular weight is 469 g/mol. The molecule has 26 heavy (non-hydrogen) atoms. The van der Waals surface area contributed by atoms with Crippen molar-refractivity contribution in [3.63, 3.8) is 0 Å². The monoisotopic (exact) mass is 469 g/mol. The van der Waals surface area contributed by atoms with E-state index in [1.54, 1.807) is 6.26 Å². The van der Waals surface area contributed by atoms with Crippen LogP contribution in [0.2, 0.25) is 0 Å². The summed E-state index contributed by atoms with van der Waals surface area (Å²) in [5.74, 6) is 3.42. The van der Waals surface area contributed by atoms with E-state index in [9.17, 15) is 0 Å². The van der Waals surface area contributed by atoms with Gasteiger partial charge in [-0.3, -0.25) is 4.99 Å². The van der Waals surface area contributed by atoms with Gasteiger partial charge in [-0.1, -0.05) is 0 Å². The predicted octanol–water partition coefficient (Wildman–Crippen LogP) is 4.70. The van der Waals surface area contributed by atoms with Crippen molar-refractivity contribution in [3.8, 4) is 5.75 Å². The van der Waals surface area contributed by atoms with Crippen LogP contribution in [-0.2, 0) is 6.42 Å². The van der Waals surface area contributed by atoms with Crippen LogP contribution >= 0.6 is 24.0 Å². The van der Waals surface area contributed by atoms with E-state index in [0.717, 1.165) is 48.6 Å². The second kappa shape index (κ2) is 10.4. The molecule has 5 nitrogen and oxygen atoms in total. The Balaban J connectivity index is 0.00000243. The van der Waals surface area contributed by atoms with Gasteiger partial charge in [0.2, 0.25) is 0 Å². The number of guanidine groups is 1. The van der Waals surface area contributed by atoms with Gasteiger partial charge in [0.1, 0.15) is 11.5 Å². The van der Waals surface area contributed by atoms with Crippen molar-refractivity contribution < 1.29 is 9.15 Å². The molecule has 2 aromatic rings. The van der Waals surface area contributed by atoms with Gasteiger partial charge in [-0.2, -0.15) is 0 Å². The van der Waals surface area contributed by atoms with E-state index in [-0.39, 0.29) is 30.1 Å². The van der Waals surface area contributed by atoms with Crippen LogP contribution in [0.4, 0.5) is 5.69 Å². The van der Waals surface area contributed by atoms with Crippen molar-refractivity contribution in [2.75, 3.05) is 18.4 Å². The Hall–Kier alpha value is -1.70. The third kappa shape index (κ3) is 7.27. The number of hydrogen-bond donors (Lipinski definition) is 2. The smallest absolute Gasteiger partial charge is 0.195 e. The average Bonchev–Trinajstić information content (AvgIpc) is 3.28. The maximum atomic E-state index is 5.68. The van der Waals surface area contributed by atoms with Crippen LogP contribution in [0.5, 0.6) is 5.75 Å². The zero-order valence-electron chi connectivity index (χ0n) is 15.4. The van der Waals surface area contributed by atoms with Crippen LogP contribution in [0.3, 0.4) is 0 Å². The lowest BCUT2D eigenvalue weighted by molar-refractivity contribution is 0.242. The molecule has 1 aliphatic carbocycles. The van der Waals surface area contributed by atoms with Crippen LogP contribution in [0.1, 0.15) is 32.4 Å². The van der Waals surface area contributed by atoms with Crippen LogP contribution in [0.25, 0.3) is 0 Å². The molecule has 1 saturated carbocycles. The summed E-state index contributed by atoms with van der Waals surface area (Å²) >= 11 is 0. The van der Waals surface area contributed by atoms with Gasteiger partial charge in [-0.05, 0) is 69.0 Å². The first-order valence-electron chi connectivity index (χ1n) is 9.03. The molecular formula is C20H28IN3O2. The summed E-state index contributed by atoms with van der Waals surface area (Å²) in [6.07, 6.45) is 5.31. The quantitative estimate of drug-likeness (QED) is 0.335. The maximum Gasteiger partial charge on any atom is 0.195 e. The van der Waals surface area contributed by atoms with Crippen molar-refractivity contribution in [2.24, 2.45) is 10.9 Å². The Bertz CT molecular complexity index is 665. The van der Waals surface area contributed by atoms with Gasteiger partial charge in [0.05, 0.1) is 12.4 Å². The van der Waals surface area contributed by atoms with E-state index in [0.29, 0.717) is 0 Å². The molecule has 142 valence electrons. The second-order valence-corrected chi connectivity index (χ2v) is 6.70. The van der Waals surface area contributed by atoms with Crippen molar-refractivity contribution in [1.29, 1.82) is 0 Å². The molecule has 0 saturated heterocycles. The second-order valence-electron chi connectivity index (χ2n) is 6.70. The van der Waals surface area contributed by atoms with E-state index in [1.165, 1.54) is 12.8 Å². The third-order valence-electron chi connectivity index (χ3n) is 3.94. The van der Waals surface area contributed by atoms with Gasteiger partial charge >= 0.3 is 0 Å². The first-order valence-corrected chi connectivity index (χ1v) is 9.03. The summed E-state index contributed by atoms with van der Waals surface area (Å²) in [6.45, 7) is 5.71. The van der Waals surface area contributed by atoms with Crippen molar-refractivity contribution in [1.82, 2.24) is 5.32 Å².